The number of nitrogens with one attached hydrogen (secondary N) is 1. The van der Waals surface area contributed by atoms with Gasteiger partial charge in [0.25, 0.3) is 0 Å². The topological polar surface area (TPSA) is 102 Å². The Hall–Kier alpha value is -2.84. The Morgan fingerprint density at radius 2 is 1.73 bits per heavy atom. The largest absolute Gasteiger partial charge is 0.493 e. The van der Waals surface area contributed by atoms with Crippen molar-refractivity contribution in [2.45, 2.75) is 11.4 Å². The molecule has 0 aliphatic rings. The van der Waals surface area contributed by atoms with E-state index in [9.17, 15) is 13.2 Å². The van der Waals surface area contributed by atoms with Crippen LogP contribution in [0.5, 0.6) is 11.5 Å². The van der Waals surface area contributed by atoms with Gasteiger partial charge in [-0.2, -0.15) is 0 Å². The van der Waals surface area contributed by atoms with Crippen LogP contribution >= 0.6 is 0 Å². The molecule has 2 N–H and O–H groups in total. The minimum absolute atomic E-state index is 0.0867. The van der Waals surface area contributed by atoms with E-state index in [2.05, 4.69) is 4.72 Å². The van der Waals surface area contributed by atoms with Gasteiger partial charge in [0, 0.05) is 12.6 Å². The molecule has 138 valence electrons. The number of sulfonamides is 1. The summed E-state index contributed by atoms with van der Waals surface area (Å²) in [6.45, 7) is 0.0867. The maximum atomic E-state index is 12.4. The van der Waals surface area contributed by atoms with E-state index in [-0.39, 0.29) is 11.4 Å². The minimum atomic E-state index is -3.70. The number of benzene rings is 2. The number of rotatable bonds is 8. The third kappa shape index (κ3) is 5.08. The van der Waals surface area contributed by atoms with E-state index in [1.54, 1.807) is 18.2 Å². The second kappa shape index (κ2) is 8.50. The van der Waals surface area contributed by atoms with Crippen LogP contribution in [0.1, 0.15) is 11.1 Å². The van der Waals surface area contributed by atoms with Crippen LogP contribution in [0.25, 0.3) is 6.08 Å². The minimum Gasteiger partial charge on any atom is -0.493 e. The van der Waals surface area contributed by atoms with E-state index in [1.165, 1.54) is 44.6 Å². The average molecular weight is 377 g/mol. The van der Waals surface area contributed by atoms with Crippen molar-refractivity contribution in [1.82, 2.24) is 4.72 Å². The van der Waals surface area contributed by atoms with Gasteiger partial charge in [-0.15, -0.1) is 0 Å². The predicted octanol–water partition coefficient (Wildman–Crippen LogP) is 2.28. The number of aliphatic carboxylic acids is 1. The molecule has 0 bridgehead atoms. The molecule has 0 saturated heterocycles. The van der Waals surface area contributed by atoms with Gasteiger partial charge in [0.15, 0.2) is 11.5 Å². The molecule has 0 aromatic heterocycles. The van der Waals surface area contributed by atoms with E-state index in [0.29, 0.717) is 22.6 Å². The molecule has 0 fully saturated rings. The molecule has 2 aromatic carbocycles. The van der Waals surface area contributed by atoms with Crippen molar-refractivity contribution in [3.8, 4) is 11.5 Å². The highest BCUT2D eigenvalue weighted by molar-refractivity contribution is 7.89. The number of carboxylic acids is 1. The number of ether oxygens (including phenoxy) is 2. The number of carboxylic acid groups (broad SMARTS) is 1. The van der Waals surface area contributed by atoms with Crippen molar-refractivity contribution in [3.05, 3.63) is 59.7 Å². The van der Waals surface area contributed by atoms with E-state index in [0.717, 1.165) is 6.08 Å². The van der Waals surface area contributed by atoms with Crippen molar-refractivity contribution >= 4 is 22.1 Å². The first kappa shape index (κ1) is 19.5. The molecule has 0 aliphatic heterocycles. The Morgan fingerprint density at radius 3 is 2.31 bits per heavy atom. The maximum Gasteiger partial charge on any atom is 0.328 e. The highest BCUT2D eigenvalue weighted by Crippen LogP contribution is 2.27. The van der Waals surface area contributed by atoms with Crippen LogP contribution in [0.2, 0.25) is 0 Å². The van der Waals surface area contributed by atoms with Crippen LogP contribution < -0.4 is 14.2 Å². The summed E-state index contributed by atoms with van der Waals surface area (Å²) in [6.07, 6.45) is 2.37. The second-order valence-corrected chi connectivity index (χ2v) is 7.02. The van der Waals surface area contributed by atoms with Gasteiger partial charge in [-0.25, -0.2) is 17.9 Å². The van der Waals surface area contributed by atoms with Crippen molar-refractivity contribution in [2.24, 2.45) is 0 Å². The molecular formula is C18H19NO6S. The Balaban J connectivity index is 2.10. The van der Waals surface area contributed by atoms with E-state index in [1.807, 2.05) is 0 Å². The smallest absolute Gasteiger partial charge is 0.328 e. The van der Waals surface area contributed by atoms with Crippen molar-refractivity contribution in [3.63, 3.8) is 0 Å². The lowest BCUT2D eigenvalue weighted by atomic mass is 10.2. The fourth-order valence-electron chi connectivity index (χ4n) is 2.18. The molecule has 0 spiro atoms. The Labute approximate surface area is 151 Å². The van der Waals surface area contributed by atoms with E-state index < -0.39 is 16.0 Å². The SMILES string of the molecule is COc1ccc(CNS(=O)(=O)c2ccc(/C=C\C(=O)O)cc2)cc1OC. The van der Waals surface area contributed by atoms with Gasteiger partial charge in [-0.1, -0.05) is 18.2 Å². The summed E-state index contributed by atoms with van der Waals surface area (Å²) in [6, 6.07) is 11.0. The highest BCUT2D eigenvalue weighted by atomic mass is 32.2. The van der Waals surface area contributed by atoms with Gasteiger partial charge in [-0.3, -0.25) is 0 Å². The van der Waals surface area contributed by atoms with Gasteiger partial charge < -0.3 is 14.6 Å². The molecule has 8 heteroatoms. The normalized spacial score (nSPS) is 11.5. The van der Waals surface area contributed by atoms with Crippen LogP contribution in [-0.2, 0) is 21.4 Å². The quantitative estimate of drug-likeness (QED) is 0.685. The number of hydrogen-bond donors (Lipinski definition) is 2. The van der Waals surface area contributed by atoms with Crippen molar-refractivity contribution < 1.29 is 27.8 Å². The first-order valence-corrected chi connectivity index (χ1v) is 9.05. The zero-order valence-electron chi connectivity index (χ0n) is 14.3. The zero-order valence-corrected chi connectivity index (χ0v) is 15.1. The molecular weight excluding hydrogens is 358 g/mol. The monoisotopic (exact) mass is 377 g/mol. The summed E-state index contributed by atoms with van der Waals surface area (Å²) in [7, 11) is -0.675. The summed E-state index contributed by atoms with van der Waals surface area (Å²) in [5.74, 6) is 0.00108. The lowest BCUT2D eigenvalue weighted by Crippen LogP contribution is -2.23. The summed E-state index contributed by atoms with van der Waals surface area (Å²) in [5.41, 5.74) is 1.30. The maximum absolute atomic E-state index is 12.4. The van der Waals surface area contributed by atoms with Gasteiger partial charge in [0.2, 0.25) is 10.0 Å². The van der Waals surface area contributed by atoms with E-state index in [4.69, 9.17) is 14.6 Å². The standard InChI is InChI=1S/C18H19NO6S/c1-24-16-9-5-14(11-17(16)25-2)12-19-26(22,23)15-7-3-13(4-8-15)6-10-18(20)21/h3-11,19H,12H2,1-2H3,(H,20,21)/b10-6-. The Bertz CT molecular complexity index is 904. The Kier molecular flexibility index (Phi) is 6.37. The molecule has 7 nitrogen and oxygen atoms in total. The molecule has 26 heavy (non-hydrogen) atoms. The molecule has 0 amide bonds. The molecule has 2 aromatic rings. The molecule has 0 unspecified atom stereocenters. The lowest BCUT2D eigenvalue weighted by molar-refractivity contribution is -0.131. The van der Waals surface area contributed by atoms with Crippen LogP contribution in [0.4, 0.5) is 0 Å². The van der Waals surface area contributed by atoms with E-state index >= 15 is 0 Å². The number of methoxy groups -OCH3 is 2. The average Bonchev–Trinajstić information content (AvgIpc) is 2.64. The molecule has 2 rings (SSSR count). The molecule has 0 radical (unpaired) electrons. The second-order valence-electron chi connectivity index (χ2n) is 5.25. The first-order valence-electron chi connectivity index (χ1n) is 7.57. The first-order chi connectivity index (χ1) is 12.4. The van der Waals surface area contributed by atoms with Crippen LogP contribution in [0.15, 0.2) is 53.4 Å². The van der Waals surface area contributed by atoms with Crippen LogP contribution in [-0.4, -0.2) is 33.7 Å². The van der Waals surface area contributed by atoms with Crippen molar-refractivity contribution in [2.75, 3.05) is 14.2 Å². The third-order valence-corrected chi connectivity index (χ3v) is 4.94. The lowest BCUT2D eigenvalue weighted by Gasteiger charge is -2.11. The van der Waals surface area contributed by atoms with Crippen molar-refractivity contribution in [1.29, 1.82) is 0 Å². The van der Waals surface area contributed by atoms with Gasteiger partial charge in [0.05, 0.1) is 19.1 Å². The molecule has 0 heterocycles. The fourth-order valence-corrected chi connectivity index (χ4v) is 3.20. The molecule has 0 aliphatic carbocycles. The summed E-state index contributed by atoms with van der Waals surface area (Å²) >= 11 is 0. The number of hydrogen-bond acceptors (Lipinski definition) is 5. The van der Waals surface area contributed by atoms with Crippen LogP contribution in [0, 0.1) is 0 Å². The van der Waals surface area contributed by atoms with Gasteiger partial charge in [0.1, 0.15) is 0 Å². The summed E-state index contributed by atoms with van der Waals surface area (Å²) in [5, 5.41) is 8.60. The Morgan fingerprint density at radius 1 is 1.08 bits per heavy atom. The van der Waals surface area contributed by atoms with Gasteiger partial charge >= 0.3 is 5.97 Å². The molecule has 0 atom stereocenters. The summed E-state index contributed by atoms with van der Waals surface area (Å²) in [4.78, 5) is 10.6. The van der Waals surface area contributed by atoms with Gasteiger partial charge in [-0.05, 0) is 41.5 Å². The predicted molar refractivity (Wildman–Crippen MR) is 96.7 cm³/mol. The highest BCUT2D eigenvalue weighted by Gasteiger charge is 2.14. The zero-order chi connectivity index (χ0) is 19.2. The third-order valence-electron chi connectivity index (χ3n) is 3.52. The van der Waals surface area contributed by atoms with Crippen LogP contribution in [0.3, 0.4) is 0 Å². The fraction of sp³-hybridized carbons (Fsp3) is 0.167. The summed E-state index contributed by atoms with van der Waals surface area (Å²) < 4.78 is 37.6. The number of carbonyl (C=O) groups is 1. The molecule has 0 saturated carbocycles.